The molecule has 1 fully saturated rings. The van der Waals surface area contributed by atoms with Crippen LogP contribution in [0.15, 0.2) is 6.20 Å². The highest BCUT2D eigenvalue weighted by Gasteiger charge is 2.28. The average molecular weight is 212 g/mol. The van der Waals surface area contributed by atoms with E-state index in [1.165, 1.54) is 12.8 Å². The molecule has 2 atom stereocenters. The molecule has 14 heavy (non-hydrogen) atoms. The Kier molecular flexibility index (Phi) is 2.74. The second kappa shape index (κ2) is 3.87. The number of rotatable bonds is 2. The number of aromatic nitrogens is 2. The Bertz CT molecular complexity index is 368. The SMILES string of the molecule is COC1CCCC1n1cc(C)[nH]c1=S. The fourth-order valence-electron chi connectivity index (χ4n) is 2.28. The Morgan fingerprint density at radius 2 is 2.36 bits per heavy atom. The van der Waals surface area contributed by atoms with Crippen LogP contribution in [0.4, 0.5) is 0 Å². The molecule has 1 N–H and O–H groups in total. The average Bonchev–Trinajstić information content (AvgIpc) is 2.71. The van der Waals surface area contributed by atoms with E-state index >= 15 is 0 Å². The molecule has 78 valence electrons. The van der Waals surface area contributed by atoms with Gasteiger partial charge in [0.1, 0.15) is 0 Å². The summed E-state index contributed by atoms with van der Waals surface area (Å²) in [7, 11) is 1.78. The maximum absolute atomic E-state index is 5.46. The van der Waals surface area contributed by atoms with Crippen molar-refractivity contribution in [1.82, 2.24) is 9.55 Å². The van der Waals surface area contributed by atoms with Gasteiger partial charge in [-0.25, -0.2) is 0 Å². The number of aryl methyl sites for hydroxylation is 1. The first kappa shape index (κ1) is 9.93. The largest absolute Gasteiger partial charge is 0.379 e. The van der Waals surface area contributed by atoms with Gasteiger partial charge in [-0.15, -0.1) is 0 Å². The molecule has 0 saturated heterocycles. The molecule has 0 spiro atoms. The lowest BCUT2D eigenvalue weighted by atomic mass is 10.2. The fraction of sp³-hybridized carbons (Fsp3) is 0.700. The van der Waals surface area contributed by atoms with Gasteiger partial charge in [0.15, 0.2) is 4.77 Å². The molecule has 0 aliphatic heterocycles. The zero-order chi connectivity index (χ0) is 10.1. The molecule has 2 rings (SSSR count). The number of H-pyrrole nitrogens is 1. The van der Waals surface area contributed by atoms with Gasteiger partial charge in [-0.3, -0.25) is 0 Å². The van der Waals surface area contributed by atoms with Gasteiger partial charge in [-0.1, -0.05) is 0 Å². The van der Waals surface area contributed by atoms with Crippen LogP contribution in [0, 0.1) is 11.7 Å². The van der Waals surface area contributed by atoms with Gasteiger partial charge < -0.3 is 14.3 Å². The summed E-state index contributed by atoms with van der Waals surface area (Å²) in [6.45, 7) is 2.03. The lowest BCUT2D eigenvalue weighted by Gasteiger charge is -2.19. The van der Waals surface area contributed by atoms with Crippen molar-refractivity contribution in [2.24, 2.45) is 0 Å². The maximum Gasteiger partial charge on any atom is 0.177 e. The minimum atomic E-state index is 0.330. The van der Waals surface area contributed by atoms with E-state index in [1.807, 2.05) is 6.92 Å². The highest BCUT2D eigenvalue weighted by atomic mass is 32.1. The van der Waals surface area contributed by atoms with Crippen LogP contribution < -0.4 is 0 Å². The van der Waals surface area contributed by atoms with Crippen LogP contribution in [-0.4, -0.2) is 22.8 Å². The molecule has 0 bridgehead atoms. The molecule has 1 heterocycles. The number of ether oxygens (including phenoxy) is 1. The summed E-state index contributed by atoms with van der Waals surface area (Å²) in [4.78, 5) is 3.15. The number of nitrogens with one attached hydrogen (secondary N) is 1. The Hall–Kier alpha value is -0.610. The van der Waals surface area contributed by atoms with Crippen LogP contribution >= 0.6 is 12.2 Å². The van der Waals surface area contributed by atoms with E-state index in [2.05, 4.69) is 15.7 Å². The van der Waals surface area contributed by atoms with Gasteiger partial charge in [0.25, 0.3) is 0 Å². The van der Waals surface area contributed by atoms with Crippen molar-refractivity contribution < 1.29 is 4.74 Å². The van der Waals surface area contributed by atoms with Crippen LogP contribution in [0.5, 0.6) is 0 Å². The number of aromatic amines is 1. The second-order valence-corrected chi connectivity index (χ2v) is 4.31. The molecule has 1 saturated carbocycles. The maximum atomic E-state index is 5.46. The molecule has 0 aromatic carbocycles. The standard InChI is InChI=1S/C10H16N2OS/c1-7-6-12(10(14)11-7)8-4-3-5-9(8)13-2/h6,8-9H,3-5H2,1-2H3,(H,11,14). The highest BCUT2D eigenvalue weighted by Crippen LogP contribution is 2.32. The molecule has 0 radical (unpaired) electrons. The van der Waals surface area contributed by atoms with E-state index in [9.17, 15) is 0 Å². The van der Waals surface area contributed by atoms with Gasteiger partial charge in [-0.2, -0.15) is 0 Å². The van der Waals surface area contributed by atoms with Crippen LogP contribution in [0.2, 0.25) is 0 Å². The molecule has 4 heteroatoms. The first-order valence-corrected chi connectivity index (χ1v) is 5.43. The van der Waals surface area contributed by atoms with Gasteiger partial charge in [0.05, 0.1) is 12.1 Å². The summed E-state index contributed by atoms with van der Waals surface area (Å²) < 4.78 is 8.42. The third-order valence-corrected chi connectivity index (χ3v) is 3.26. The van der Waals surface area contributed by atoms with E-state index in [0.29, 0.717) is 12.1 Å². The van der Waals surface area contributed by atoms with E-state index in [1.54, 1.807) is 7.11 Å². The summed E-state index contributed by atoms with van der Waals surface area (Å²) in [5, 5.41) is 0. The number of methoxy groups -OCH3 is 1. The van der Waals surface area contributed by atoms with Gasteiger partial charge >= 0.3 is 0 Å². The minimum absolute atomic E-state index is 0.330. The summed E-state index contributed by atoms with van der Waals surface area (Å²) in [5.74, 6) is 0. The van der Waals surface area contributed by atoms with Crippen molar-refractivity contribution in [3.8, 4) is 0 Å². The molecule has 0 amide bonds. The topological polar surface area (TPSA) is 29.9 Å². The van der Waals surface area contributed by atoms with Gasteiger partial charge in [-0.05, 0) is 38.4 Å². The van der Waals surface area contributed by atoms with Crippen LogP contribution in [0.1, 0.15) is 31.0 Å². The normalized spacial score (nSPS) is 27.0. The van der Waals surface area contributed by atoms with Crippen molar-refractivity contribution in [1.29, 1.82) is 0 Å². The van der Waals surface area contributed by atoms with E-state index < -0.39 is 0 Å². The lowest BCUT2D eigenvalue weighted by molar-refractivity contribution is 0.0745. The number of nitrogens with zero attached hydrogens (tertiary/aromatic N) is 1. The van der Waals surface area contributed by atoms with Crippen LogP contribution in [-0.2, 0) is 4.74 Å². The summed E-state index contributed by atoms with van der Waals surface area (Å²) >= 11 is 5.26. The smallest absolute Gasteiger partial charge is 0.177 e. The Morgan fingerprint density at radius 1 is 1.57 bits per heavy atom. The summed E-state index contributed by atoms with van der Waals surface area (Å²) in [5.41, 5.74) is 1.12. The third-order valence-electron chi connectivity index (χ3n) is 2.95. The van der Waals surface area contributed by atoms with Crippen molar-refractivity contribution in [3.63, 3.8) is 0 Å². The van der Waals surface area contributed by atoms with Gasteiger partial charge in [0.2, 0.25) is 0 Å². The zero-order valence-corrected chi connectivity index (χ0v) is 9.43. The van der Waals surface area contributed by atoms with E-state index in [4.69, 9.17) is 17.0 Å². The van der Waals surface area contributed by atoms with E-state index in [-0.39, 0.29) is 0 Å². The molecular weight excluding hydrogens is 196 g/mol. The molecule has 1 aliphatic rings. The number of hydrogen-bond donors (Lipinski definition) is 1. The zero-order valence-electron chi connectivity index (χ0n) is 8.62. The van der Waals surface area contributed by atoms with Crippen molar-refractivity contribution in [3.05, 3.63) is 16.7 Å². The predicted molar refractivity (Wildman–Crippen MR) is 58.0 cm³/mol. The molecule has 1 aliphatic carbocycles. The van der Waals surface area contributed by atoms with E-state index in [0.717, 1.165) is 16.9 Å². The van der Waals surface area contributed by atoms with Crippen LogP contribution in [0.3, 0.4) is 0 Å². The Balaban J connectivity index is 2.30. The fourth-order valence-corrected chi connectivity index (χ4v) is 2.63. The lowest BCUT2D eigenvalue weighted by Crippen LogP contribution is -2.20. The molecular formula is C10H16N2OS. The quantitative estimate of drug-likeness (QED) is 0.764. The Morgan fingerprint density at radius 3 is 2.93 bits per heavy atom. The first-order valence-electron chi connectivity index (χ1n) is 5.03. The van der Waals surface area contributed by atoms with Crippen LogP contribution in [0.25, 0.3) is 0 Å². The van der Waals surface area contributed by atoms with Crippen molar-refractivity contribution in [2.45, 2.75) is 38.3 Å². The number of hydrogen-bond acceptors (Lipinski definition) is 2. The Labute approximate surface area is 89.1 Å². The molecule has 3 nitrogen and oxygen atoms in total. The third kappa shape index (κ3) is 1.64. The summed E-state index contributed by atoms with van der Waals surface area (Å²) in [6, 6.07) is 0.428. The monoisotopic (exact) mass is 212 g/mol. The predicted octanol–water partition coefficient (Wildman–Crippen LogP) is 2.59. The summed E-state index contributed by atoms with van der Waals surface area (Å²) in [6.07, 6.45) is 5.97. The molecule has 2 unspecified atom stereocenters. The van der Waals surface area contributed by atoms with Gasteiger partial charge in [0, 0.05) is 19.0 Å². The number of imidazole rings is 1. The van der Waals surface area contributed by atoms with Crippen molar-refractivity contribution in [2.75, 3.05) is 7.11 Å². The second-order valence-electron chi connectivity index (χ2n) is 3.92. The molecule has 1 aromatic heterocycles. The minimum Gasteiger partial charge on any atom is -0.379 e. The van der Waals surface area contributed by atoms with Crippen molar-refractivity contribution >= 4 is 12.2 Å². The first-order chi connectivity index (χ1) is 6.72. The highest BCUT2D eigenvalue weighted by molar-refractivity contribution is 7.71. The molecule has 1 aromatic rings.